The van der Waals surface area contributed by atoms with Gasteiger partial charge in [0.05, 0.1) is 43.2 Å². The van der Waals surface area contributed by atoms with Crippen molar-refractivity contribution in [2.45, 2.75) is 52.1 Å². The molecule has 1 fully saturated rings. The third kappa shape index (κ3) is 5.18. The summed E-state index contributed by atoms with van der Waals surface area (Å²) in [6.45, 7) is 12.2. The van der Waals surface area contributed by atoms with Crippen LogP contribution in [0.4, 0.5) is 26.0 Å². The lowest BCUT2D eigenvalue weighted by Gasteiger charge is -2.47. The Hall–Kier alpha value is -3.93. The van der Waals surface area contributed by atoms with Crippen LogP contribution < -0.4 is 21.2 Å². The second kappa shape index (κ2) is 12.5. The van der Waals surface area contributed by atoms with Gasteiger partial charge in [-0.3, -0.25) is 14.3 Å². The fourth-order valence-electron chi connectivity index (χ4n) is 6.93. The van der Waals surface area contributed by atoms with Crippen LogP contribution >= 0.6 is 34.8 Å². The molecule has 2 aromatic heterocycles. The minimum atomic E-state index is -1.01. The quantitative estimate of drug-likeness (QED) is 0.136. The average Bonchev–Trinajstić information content (AvgIpc) is 3.03. The summed E-state index contributed by atoms with van der Waals surface area (Å²) in [5.41, 5.74) is 6.11. The summed E-state index contributed by atoms with van der Waals surface area (Å²) >= 11 is 19.7. The molecule has 0 radical (unpaired) electrons. The summed E-state index contributed by atoms with van der Waals surface area (Å²) in [6, 6.07) is 2.29. The Labute approximate surface area is 291 Å². The van der Waals surface area contributed by atoms with Crippen molar-refractivity contribution < 1.29 is 13.6 Å². The molecule has 0 saturated carbocycles. The Morgan fingerprint density at radius 2 is 1.83 bits per heavy atom. The molecule has 4 heterocycles. The monoisotopic (exact) mass is 715 g/mol. The molecule has 6 rings (SSSR count). The first-order valence-corrected chi connectivity index (χ1v) is 16.6. The number of halogens is 5. The number of benzene rings is 2. The van der Waals surface area contributed by atoms with E-state index in [9.17, 15) is 9.59 Å². The van der Waals surface area contributed by atoms with Gasteiger partial charge in [-0.1, -0.05) is 55.2 Å². The van der Waals surface area contributed by atoms with Crippen LogP contribution in [0.2, 0.25) is 15.1 Å². The maximum atomic E-state index is 17.7. The van der Waals surface area contributed by atoms with Gasteiger partial charge in [0.1, 0.15) is 11.3 Å². The van der Waals surface area contributed by atoms with Crippen LogP contribution in [0, 0.1) is 18.6 Å². The molecule has 0 bridgehead atoms. The minimum Gasteiger partial charge on any atom is -0.397 e. The number of pyridine rings is 1. The lowest BCUT2D eigenvalue weighted by Crippen LogP contribution is -2.60. The molecule has 1 amide bonds. The van der Waals surface area contributed by atoms with Crippen molar-refractivity contribution in [1.82, 2.24) is 19.4 Å². The summed E-state index contributed by atoms with van der Waals surface area (Å²) in [5.74, 6) is -2.20. The van der Waals surface area contributed by atoms with Gasteiger partial charge in [-0.05, 0) is 50.0 Å². The number of carbonyl (C=O) groups excluding carboxylic acids is 1. The van der Waals surface area contributed by atoms with Crippen molar-refractivity contribution in [3.8, 4) is 16.8 Å². The molecule has 0 aliphatic carbocycles. The number of nitrogens with zero attached hydrogens (tertiary/aromatic N) is 6. The van der Waals surface area contributed by atoms with Crippen LogP contribution in [0.15, 0.2) is 35.8 Å². The Balaban J connectivity index is 1.83. The van der Waals surface area contributed by atoms with E-state index in [1.807, 2.05) is 30.6 Å². The Bertz CT molecular complexity index is 2060. The summed E-state index contributed by atoms with van der Waals surface area (Å²) in [7, 11) is 1.77. The Morgan fingerprint density at radius 3 is 2.50 bits per heavy atom. The van der Waals surface area contributed by atoms with E-state index in [0.717, 1.165) is 6.07 Å². The number of aromatic nitrogens is 3. The summed E-state index contributed by atoms with van der Waals surface area (Å²) in [6.07, 6.45) is 3.43. The predicted octanol–water partition coefficient (Wildman–Crippen LogP) is 7.13. The fraction of sp³-hybridized carbons (Fsp3) is 0.353. The van der Waals surface area contributed by atoms with E-state index < -0.39 is 28.5 Å². The second-order valence-corrected chi connectivity index (χ2v) is 13.8. The predicted molar refractivity (Wildman–Crippen MR) is 189 cm³/mol. The zero-order chi connectivity index (χ0) is 34.9. The van der Waals surface area contributed by atoms with E-state index in [1.54, 1.807) is 31.1 Å². The van der Waals surface area contributed by atoms with Gasteiger partial charge >= 0.3 is 5.69 Å². The van der Waals surface area contributed by atoms with Crippen LogP contribution in [0.25, 0.3) is 27.7 Å². The van der Waals surface area contributed by atoms with Crippen molar-refractivity contribution in [3.63, 3.8) is 0 Å². The first-order chi connectivity index (χ1) is 22.7. The SMILES string of the molecule is C=CC(=O)N1CC2CCN(C)c3c(Cl)c(-c4c(N)c(Cl)cc(Cl)c4F)c(F)c4c3c(nc(=O)n4-c3c(C)ccnc3C(C)C)N2CC1C. The molecule has 0 spiro atoms. The normalized spacial score (nSPS) is 17.9. The third-order valence-electron chi connectivity index (χ3n) is 9.30. The molecular weight excluding hydrogens is 683 g/mol. The zero-order valence-electron chi connectivity index (χ0n) is 27.0. The number of carbonyl (C=O) groups is 1. The van der Waals surface area contributed by atoms with Crippen molar-refractivity contribution in [2.24, 2.45) is 0 Å². The Morgan fingerprint density at radius 1 is 1.12 bits per heavy atom. The van der Waals surface area contributed by atoms with Crippen molar-refractivity contribution in [2.75, 3.05) is 42.2 Å². The molecule has 2 aliphatic rings. The van der Waals surface area contributed by atoms with Crippen LogP contribution in [0.5, 0.6) is 0 Å². The highest BCUT2D eigenvalue weighted by molar-refractivity contribution is 6.40. The van der Waals surface area contributed by atoms with E-state index in [1.165, 1.54) is 10.6 Å². The maximum absolute atomic E-state index is 17.7. The first-order valence-electron chi connectivity index (χ1n) is 15.5. The van der Waals surface area contributed by atoms with Gasteiger partial charge in [0.25, 0.3) is 0 Å². The summed E-state index contributed by atoms with van der Waals surface area (Å²) in [5, 5.41) is -0.380. The van der Waals surface area contributed by atoms with Crippen molar-refractivity contribution in [1.29, 1.82) is 0 Å². The number of rotatable bonds is 4. The van der Waals surface area contributed by atoms with E-state index >= 15 is 8.78 Å². The molecule has 2 N–H and O–H groups in total. The lowest BCUT2D eigenvalue weighted by molar-refractivity contribution is -0.128. The van der Waals surface area contributed by atoms with Gasteiger partial charge < -0.3 is 20.4 Å². The molecule has 9 nitrogen and oxygen atoms in total. The minimum absolute atomic E-state index is 0.0928. The molecule has 2 unspecified atom stereocenters. The highest BCUT2D eigenvalue weighted by Gasteiger charge is 2.40. The van der Waals surface area contributed by atoms with Gasteiger partial charge in [-0.15, -0.1) is 0 Å². The van der Waals surface area contributed by atoms with Gasteiger partial charge in [-0.25, -0.2) is 13.6 Å². The molecular formula is C34H34Cl3F2N7O2. The van der Waals surface area contributed by atoms with Crippen LogP contribution in [0.3, 0.4) is 0 Å². The molecule has 2 aliphatic heterocycles. The number of aryl methyl sites for hydroxylation is 1. The molecule has 4 aromatic rings. The maximum Gasteiger partial charge on any atom is 0.354 e. The summed E-state index contributed by atoms with van der Waals surface area (Å²) in [4.78, 5) is 41.9. The van der Waals surface area contributed by atoms with Gasteiger partial charge in [0, 0.05) is 56.1 Å². The first kappa shape index (κ1) is 34.0. The summed E-state index contributed by atoms with van der Waals surface area (Å²) < 4.78 is 34.9. The fourth-order valence-corrected chi connectivity index (χ4v) is 7.81. The molecule has 252 valence electrons. The molecule has 14 heteroatoms. The number of nitrogen functional groups attached to an aromatic ring is 1. The van der Waals surface area contributed by atoms with Crippen LogP contribution in [-0.4, -0.2) is 64.1 Å². The standard InChI is InChI=1S/C34H34Cl3F2N7O2/c1-7-21(47)44-14-18-9-11-43(6)31-24-32(27(39)22(25(31)37)23-26(38)19(35)12-20(36)28(23)40)46(30-16(4)8-10-41-29(30)15(2)3)34(48)42-33(24)45(18)13-17(44)5/h7-8,10,12,15,17-18H,1,9,11,13-14,40H2,2-6H3. The third-order valence-corrected chi connectivity index (χ3v) is 10.3. The largest absolute Gasteiger partial charge is 0.397 e. The van der Waals surface area contributed by atoms with Gasteiger partial charge in [0.2, 0.25) is 5.91 Å². The number of fused-ring (bicyclic) bond motifs is 2. The smallest absolute Gasteiger partial charge is 0.354 e. The van der Waals surface area contributed by atoms with Crippen molar-refractivity contribution in [3.05, 3.63) is 79.4 Å². The average molecular weight is 717 g/mol. The van der Waals surface area contributed by atoms with Gasteiger partial charge in [-0.2, -0.15) is 4.98 Å². The number of amides is 1. The lowest BCUT2D eigenvalue weighted by atomic mass is 9.95. The highest BCUT2D eigenvalue weighted by atomic mass is 35.5. The number of hydrogen-bond donors (Lipinski definition) is 1. The zero-order valence-corrected chi connectivity index (χ0v) is 29.3. The van der Waals surface area contributed by atoms with Gasteiger partial charge in [0.15, 0.2) is 11.6 Å². The van der Waals surface area contributed by atoms with E-state index in [2.05, 4.69) is 16.5 Å². The second-order valence-electron chi connectivity index (χ2n) is 12.6. The molecule has 1 saturated heterocycles. The number of hydrogen-bond acceptors (Lipinski definition) is 7. The highest BCUT2D eigenvalue weighted by Crippen LogP contribution is 2.51. The topological polar surface area (TPSA) is 101 Å². The van der Waals surface area contributed by atoms with E-state index in [-0.39, 0.29) is 61.4 Å². The number of anilines is 3. The van der Waals surface area contributed by atoms with Crippen LogP contribution in [-0.2, 0) is 4.79 Å². The van der Waals surface area contributed by atoms with E-state index in [4.69, 9.17) is 40.5 Å². The molecule has 2 atom stereocenters. The van der Waals surface area contributed by atoms with E-state index in [0.29, 0.717) is 48.7 Å². The van der Waals surface area contributed by atoms with Crippen molar-refractivity contribution >= 4 is 68.8 Å². The van der Waals surface area contributed by atoms with Crippen LogP contribution in [0.1, 0.15) is 44.4 Å². The molecule has 2 aromatic carbocycles. The molecule has 48 heavy (non-hydrogen) atoms. The number of nitrogens with two attached hydrogens (primary N) is 1. The Kier molecular flexibility index (Phi) is 8.85. The number of piperazine rings is 1.